The van der Waals surface area contributed by atoms with Crippen LogP contribution < -0.4 is 5.73 Å². The lowest BCUT2D eigenvalue weighted by atomic mass is 10.2. The average Bonchev–Trinajstić information content (AvgIpc) is 2.74. The monoisotopic (exact) mass is 291 g/mol. The smallest absolute Gasteiger partial charge is 0.0586 e. The zero-order valence-electron chi connectivity index (χ0n) is 11.9. The molecule has 0 fully saturated rings. The van der Waals surface area contributed by atoms with Gasteiger partial charge in [-0.15, -0.1) is 23.1 Å². The minimum atomic E-state index is 0.142. The number of benzene rings is 1. The topological polar surface area (TPSA) is 26.0 Å². The van der Waals surface area contributed by atoms with Crippen LogP contribution in [-0.2, 0) is 0 Å². The lowest BCUT2D eigenvalue weighted by Crippen LogP contribution is -2.21. The van der Waals surface area contributed by atoms with Crippen LogP contribution in [-0.4, -0.2) is 6.04 Å². The predicted molar refractivity (Wildman–Crippen MR) is 87.2 cm³/mol. The molecule has 3 heteroatoms. The fraction of sp³-hybridized carbons (Fsp3) is 0.375. The van der Waals surface area contributed by atoms with E-state index in [0.29, 0.717) is 5.25 Å². The minimum absolute atomic E-state index is 0.142. The molecular formula is C16H21NS2. The number of aryl methyl sites for hydroxylation is 3. The number of thiophene rings is 1. The third-order valence-corrected chi connectivity index (χ3v) is 5.99. The predicted octanol–water partition coefficient (Wildman–Crippen LogP) is 4.85. The molecule has 2 unspecified atom stereocenters. The quantitative estimate of drug-likeness (QED) is 0.815. The summed E-state index contributed by atoms with van der Waals surface area (Å²) in [6, 6.07) is 11.2. The van der Waals surface area contributed by atoms with Crippen molar-refractivity contribution in [3.05, 3.63) is 51.2 Å². The SMILES string of the molecule is Cc1ccc(SC(c2ccc(C)s2)C(C)N)c(C)c1. The summed E-state index contributed by atoms with van der Waals surface area (Å²) >= 11 is 3.74. The van der Waals surface area contributed by atoms with Crippen LogP contribution in [0.25, 0.3) is 0 Å². The second kappa shape index (κ2) is 6.12. The van der Waals surface area contributed by atoms with Crippen molar-refractivity contribution in [3.8, 4) is 0 Å². The molecular weight excluding hydrogens is 270 g/mol. The summed E-state index contributed by atoms with van der Waals surface area (Å²) in [6.45, 7) is 8.55. The Balaban J connectivity index is 2.26. The first-order valence-corrected chi connectivity index (χ1v) is 8.23. The Morgan fingerprint density at radius 2 is 1.84 bits per heavy atom. The highest BCUT2D eigenvalue weighted by molar-refractivity contribution is 7.99. The van der Waals surface area contributed by atoms with Crippen LogP contribution in [0.3, 0.4) is 0 Å². The van der Waals surface area contributed by atoms with E-state index in [1.165, 1.54) is 25.8 Å². The van der Waals surface area contributed by atoms with Gasteiger partial charge in [0, 0.05) is 20.7 Å². The van der Waals surface area contributed by atoms with Crippen molar-refractivity contribution in [2.45, 2.75) is 43.9 Å². The standard InChI is InChI=1S/C16H21NS2/c1-10-5-7-14(11(2)9-10)19-16(13(4)17)15-8-6-12(3)18-15/h5-9,13,16H,17H2,1-4H3. The van der Waals surface area contributed by atoms with Crippen molar-refractivity contribution in [2.24, 2.45) is 5.73 Å². The number of hydrogen-bond acceptors (Lipinski definition) is 3. The van der Waals surface area contributed by atoms with Gasteiger partial charge in [0.25, 0.3) is 0 Å². The highest BCUT2D eigenvalue weighted by atomic mass is 32.2. The maximum Gasteiger partial charge on any atom is 0.0586 e. The molecule has 0 spiro atoms. The van der Waals surface area contributed by atoms with E-state index >= 15 is 0 Å². The largest absolute Gasteiger partial charge is 0.327 e. The second-order valence-electron chi connectivity index (χ2n) is 5.11. The Morgan fingerprint density at radius 3 is 2.37 bits per heavy atom. The van der Waals surface area contributed by atoms with Crippen molar-refractivity contribution >= 4 is 23.1 Å². The van der Waals surface area contributed by atoms with Gasteiger partial charge >= 0.3 is 0 Å². The van der Waals surface area contributed by atoms with Gasteiger partial charge in [-0.05, 0) is 51.5 Å². The molecule has 102 valence electrons. The summed E-state index contributed by atoms with van der Waals surface area (Å²) in [5.74, 6) is 0. The van der Waals surface area contributed by atoms with Crippen molar-refractivity contribution in [1.82, 2.24) is 0 Å². The number of nitrogens with two attached hydrogens (primary N) is 1. The number of rotatable bonds is 4. The molecule has 0 radical (unpaired) electrons. The number of thioether (sulfide) groups is 1. The van der Waals surface area contributed by atoms with Crippen LogP contribution in [0.1, 0.15) is 33.1 Å². The van der Waals surface area contributed by atoms with Crippen LogP contribution in [0, 0.1) is 20.8 Å². The summed E-state index contributed by atoms with van der Waals surface area (Å²) in [5.41, 5.74) is 8.84. The van der Waals surface area contributed by atoms with E-state index in [-0.39, 0.29) is 6.04 Å². The maximum atomic E-state index is 6.19. The Bertz CT molecular complexity index is 558. The van der Waals surface area contributed by atoms with Crippen molar-refractivity contribution < 1.29 is 0 Å². The van der Waals surface area contributed by atoms with Crippen molar-refractivity contribution in [1.29, 1.82) is 0 Å². The van der Waals surface area contributed by atoms with E-state index in [4.69, 9.17) is 5.73 Å². The third-order valence-electron chi connectivity index (χ3n) is 3.10. The molecule has 0 amide bonds. The lowest BCUT2D eigenvalue weighted by Gasteiger charge is -2.20. The lowest BCUT2D eigenvalue weighted by molar-refractivity contribution is 0.730. The van der Waals surface area contributed by atoms with Gasteiger partial charge in [0.15, 0.2) is 0 Å². The molecule has 1 aromatic carbocycles. The summed E-state index contributed by atoms with van der Waals surface area (Å²) in [4.78, 5) is 4.05. The summed E-state index contributed by atoms with van der Waals surface area (Å²) < 4.78 is 0. The molecule has 0 aliphatic heterocycles. The molecule has 1 nitrogen and oxygen atoms in total. The van der Waals surface area contributed by atoms with E-state index in [1.54, 1.807) is 0 Å². The van der Waals surface area contributed by atoms with Crippen molar-refractivity contribution in [3.63, 3.8) is 0 Å². The zero-order valence-corrected chi connectivity index (χ0v) is 13.6. The molecule has 0 saturated carbocycles. The molecule has 2 aromatic rings. The maximum absolute atomic E-state index is 6.19. The molecule has 1 heterocycles. The Labute approximate surface area is 124 Å². The van der Waals surface area contributed by atoms with Gasteiger partial charge in [-0.2, -0.15) is 0 Å². The second-order valence-corrected chi connectivity index (χ2v) is 7.62. The minimum Gasteiger partial charge on any atom is -0.327 e. The van der Waals surface area contributed by atoms with Gasteiger partial charge < -0.3 is 5.73 Å². The summed E-state index contributed by atoms with van der Waals surface area (Å²) in [7, 11) is 0. The summed E-state index contributed by atoms with van der Waals surface area (Å²) in [5, 5.41) is 0.333. The van der Waals surface area contributed by atoms with E-state index in [0.717, 1.165) is 0 Å². The molecule has 0 bridgehead atoms. The fourth-order valence-electron chi connectivity index (χ4n) is 2.10. The first kappa shape index (κ1) is 14.6. The first-order valence-electron chi connectivity index (χ1n) is 6.53. The Morgan fingerprint density at radius 1 is 1.11 bits per heavy atom. The van der Waals surface area contributed by atoms with E-state index < -0.39 is 0 Å². The van der Waals surface area contributed by atoms with E-state index in [2.05, 4.69) is 58.0 Å². The molecule has 2 N–H and O–H groups in total. The third kappa shape index (κ3) is 3.62. The first-order chi connectivity index (χ1) is 8.97. The number of hydrogen-bond donors (Lipinski definition) is 1. The van der Waals surface area contributed by atoms with Crippen LogP contribution in [0.15, 0.2) is 35.2 Å². The molecule has 1 aromatic heterocycles. The fourth-order valence-corrected chi connectivity index (χ4v) is 4.44. The molecule has 19 heavy (non-hydrogen) atoms. The normalized spacial score (nSPS) is 14.4. The molecule has 2 atom stereocenters. The summed E-state index contributed by atoms with van der Waals surface area (Å²) in [6.07, 6.45) is 0. The van der Waals surface area contributed by atoms with Gasteiger partial charge in [-0.25, -0.2) is 0 Å². The van der Waals surface area contributed by atoms with Gasteiger partial charge in [0.05, 0.1) is 5.25 Å². The van der Waals surface area contributed by atoms with E-state index in [1.807, 2.05) is 23.1 Å². The van der Waals surface area contributed by atoms with Gasteiger partial charge in [-0.3, -0.25) is 0 Å². The molecule has 0 saturated heterocycles. The highest BCUT2D eigenvalue weighted by Crippen LogP contribution is 2.41. The Hall–Kier alpha value is -0.770. The van der Waals surface area contributed by atoms with Crippen LogP contribution in [0.2, 0.25) is 0 Å². The van der Waals surface area contributed by atoms with Crippen LogP contribution in [0.4, 0.5) is 0 Å². The highest BCUT2D eigenvalue weighted by Gasteiger charge is 2.20. The molecule has 2 rings (SSSR count). The van der Waals surface area contributed by atoms with Crippen LogP contribution in [0.5, 0.6) is 0 Å². The van der Waals surface area contributed by atoms with E-state index in [9.17, 15) is 0 Å². The van der Waals surface area contributed by atoms with Gasteiger partial charge in [-0.1, -0.05) is 17.7 Å². The van der Waals surface area contributed by atoms with Gasteiger partial charge in [0.1, 0.15) is 0 Å². The molecule has 0 aliphatic carbocycles. The molecule has 0 aliphatic rings. The van der Waals surface area contributed by atoms with Crippen LogP contribution >= 0.6 is 23.1 Å². The zero-order chi connectivity index (χ0) is 14.0. The van der Waals surface area contributed by atoms with Crippen molar-refractivity contribution in [2.75, 3.05) is 0 Å². The Kier molecular flexibility index (Phi) is 4.71. The van der Waals surface area contributed by atoms with Gasteiger partial charge in [0.2, 0.25) is 0 Å². The average molecular weight is 291 g/mol.